The molecular weight excluding hydrogens is 337 g/mol. The molecule has 0 bridgehead atoms. The van der Waals surface area contributed by atoms with E-state index in [-0.39, 0.29) is 24.1 Å². The number of benzene rings is 1. The highest BCUT2D eigenvalue weighted by Crippen LogP contribution is 2.38. The Bertz CT molecular complexity index is 657. The number of halogens is 1. The van der Waals surface area contributed by atoms with Crippen LogP contribution >= 0.6 is 0 Å². The van der Waals surface area contributed by atoms with E-state index in [1.54, 1.807) is 6.07 Å². The molecule has 2 saturated heterocycles. The summed E-state index contributed by atoms with van der Waals surface area (Å²) in [6, 6.07) is 6.35. The predicted octanol–water partition coefficient (Wildman–Crippen LogP) is 2.98. The normalized spacial score (nSPS) is 22.8. The number of carboxylic acids is 1. The van der Waals surface area contributed by atoms with Crippen LogP contribution in [-0.4, -0.2) is 48.2 Å². The Morgan fingerprint density at radius 1 is 1.31 bits per heavy atom. The molecule has 0 aliphatic carbocycles. The number of carbonyl (C=O) groups excluding carboxylic acids is 1. The molecule has 0 aromatic heterocycles. The lowest BCUT2D eigenvalue weighted by molar-refractivity contribution is -0.143. The molecule has 1 aromatic rings. The second-order valence-corrected chi connectivity index (χ2v) is 7.40. The molecular formula is C20H26FNO4. The lowest BCUT2D eigenvalue weighted by atomic mass is 9.72. The molecule has 2 aliphatic rings. The van der Waals surface area contributed by atoms with Crippen molar-refractivity contribution in [2.75, 3.05) is 26.3 Å². The van der Waals surface area contributed by atoms with Crippen molar-refractivity contribution < 1.29 is 23.8 Å². The highest BCUT2D eigenvalue weighted by Gasteiger charge is 2.45. The number of carbonyl (C=O) groups is 2. The fraction of sp³-hybridized carbons (Fsp3) is 0.600. The highest BCUT2D eigenvalue weighted by molar-refractivity contribution is 5.88. The van der Waals surface area contributed by atoms with Gasteiger partial charge >= 0.3 is 5.97 Å². The van der Waals surface area contributed by atoms with Gasteiger partial charge in [-0.05, 0) is 55.7 Å². The first-order valence-corrected chi connectivity index (χ1v) is 9.36. The Hall–Kier alpha value is -1.95. The fourth-order valence-corrected chi connectivity index (χ4v) is 4.25. The smallest absolute Gasteiger partial charge is 0.303 e. The van der Waals surface area contributed by atoms with Crippen molar-refractivity contribution in [2.45, 2.75) is 43.9 Å². The summed E-state index contributed by atoms with van der Waals surface area (Å²) < 4.78 is 19.3. The van der Waals surface area contributed by atoms with E-state index in [1.807, 2.05) is 11.0 Å². The minimum atomic E-state index is -0.797. The first-order chi connectivity index (χ1) is 12.5. The zero-order chi connectivity index (χ0) is 18.6. The molecule has 6 heteroatoms. The number of amides is 1. The third-order valence-electron chi connectivity index (χ3n) is 5.71. The maximum Gasteiger partial charge on any atom is 0.303 e. The second-order valence-electron chi connectivity index (χ2n) is 7.40. The van der Waals surface area contributed by atoms with E-state index in [2.05, 4.69) is 0 Å². The van der Waals surface area contributed by atoms with Crippen molar-refractivity contribution in [2.24, 2.45) is 5.92 Å². The first kappa shape index (κ1) is 18.8. The van der Waals surface area contributed by atoms with E-state index >= 15 is 0 Å². The summed E-state index contributed by atoms with van der Waals surface area (Å²) in [4.78, 5) is 26.2. The quantitative estimate of drug-likeness (QED) is 0.873. The average molecular weight is 363 g/mol. The van der Waals surface area contributed by atoms with Crippen LogP contribution in [0.4, 0.5) is 4.39 Å². The van der Waals surface area contributed by atoms with Crippen molar-refractivity contribution in [1.29, 1.82) is 0 Å². The second kappa shape index (κ2) is 8.16. The number of rotatable bonds is 5. The topological polar surface area (TPSA) is 66.8 Å². The number of carboxylic acid groups (broad SMARTS) is 1. The first-order valence-electron chi connectivity index (χ1n) is 9.36. The molecule has 2 aliphatic heterocycles. The van der Waals surface area contributed by atoms with E-state index in [0.29, 0.717) is 45.6 Å². The van der Waals surface area contributed by atoms with E-state index in [0.717, 1.165) is 18.4 Å². The lowest BCUT2D eigenvalue weighted by Crippen LogP contribution is -2.52. The summed E-state index contributed by atoms with van der Waals surface area (Å²) in [7, 11) is 0. The summed E-state index contributed by atoms with van der Waals surface area (Å²) >= 11 is 0. The SMILES string of the molecule is O=C(O)CC[C@@H]1CCCN(C(=O)C2(c3cccc(F)c3)CCOCC2)C1. The number of likely N-dealkylation sites (tertiary alicyclic amines) is 1. The van der Waals surface area contributed by atoms with Crippen LogP contribution < -0.4 is 0 Å². The number of ether oxygens (including phenoxy) is 1. The van der Waals surface area contributed by atoms with Crippen LogP contribution in [-0.2, 0) is 19.7 Å². The molecule has 1 aromatic carbocycles. The van der Waals surface area contributed by atoms with Gasteiger partial charge in [-0.15, -0.1) is 0 Å². The summed E-state index contributed by atoms with van der Waals surface area (Å²) in [6.45, 7) is 2.24. The van der Waals surface area contributed by atoms with Crippen LogP contribution in [0.5, 0.6) is 0 Å². The van der Waals surface area contributed by atoms with Crippen LogP contribution in [0.1, 0.15) is 44.1 Å². The van der Waals surface area contributed by atoms with Gasteiger partial charge in [-0.3, -0.25) is 9.59 Å². The molecule has 0 spiro atoms. The van der Waals surface area contributed by atoms with Crippen molar-refractivity contribution >= 4 is 11.9 Å². The Kier molecular flexibility index (Phi) is 5.91. The molecule has 2 fully saturated rings. The van der Waals surface area contributed by atoms with E-state index in [1.165, 1.54) is 12.1 Å². The Morgan fingerprint density at radius 2 is 2.08 bits per heavy atom. The summed E-state index contributed by atoms with van der Waals surface area (Å²) in [5.41, 5.74) is -0.0202. The van der Waals surface area contributed by atoms with Crippen LogP contribution in [0.15, 0.2) is 24.3 Å². The van der Waals surface area contributed by atoms with Crippen LogP contribution in [0.25, 0.3) is 0 Å². The van der Waals surface area contributed by atoms with Gasteiger partial charge in [0.1, 0.15) is 5.82 Å². The Morgan fingerprint density at radius 3 is 2.77 bits per heavy atom. The molecule has 0 unspecified atom stereocenters. The molecule has 0 saturated carbocycles. The van der Waals surface area contributed by atoms with Gasteiger partial charge in [0.2, 0.25) is 5.91 Å². The molecule has 0 radical (unpaired) electrons. The summed E-state index contributed by atoms with van der Waals surface area (Å²) in [5, 5.41) is 8.91. The van der Waals surface area contributed by atoms with Crippen LogP contribution in [0.3, 0.4) is 0 Å². The van der Waals surface area contributed by atoms with Gasteiger partial charge in [-0.2, -0.15) is 0 Å². The minimum absolute atomic E-state index is 0.0337. The van der Waals surface area contributed by atoms with E-state index < -0.39 is 11.4 Å². The van der Waals surface area contributed by atoms with E-state index in [9.17, 15) is 14.0 Å². The summed E-state index contributed by atoms with van der Waals surface area (Å²) in [5.74, 6) is -0.882. The number of hydrogen-bond acceptors (Lipinski definition) is 3. The monoisotopic (exact) mass is 363 g/mol. The Labute approximate surface area is 153 Å². The van der Waals surface area contributed by atoms with Gasteiger partial charge in [0.15, 0.2) is 0 Å². The fourth-order valence-electron chi connectivity index (χ4n) is 4.25. The van der Waals surface area contributed by atoms with Gasteiger partial charge in [0.05, 0.1) is 5.41 Å². The number of aliphatic carboxylic acids is 1. The molecule has 3 rings (SSSR count). The Balaban J connectivity index is 1.80. The number of hydrogen-bond donors (Lipinski definition) is 1. The average Bonchev–Trinajstić information content (AvgIpc) is 2.66. The van der Waals surface area contributed by atoms with Gasteiger partial charge in [0.25, 0.3) is 0 Å². The molecule has 2 heterocycles. The molecule has 5 nitrogen and oxygen atoms in total. The molecule has 1 amide bonds. The molecule has 26 heavy (non-hydrogen) atoms. The highest BCUT2D eigenvalue weighted by atomic mass is 19.1. The minimum Gasteiger partial charge on any atom is -0.481 e. The van der Waals surface area contributed by atoms with Crippen molar-refractivity contribution in [3.63, 3.8) is 0 Å². The van der Waals surface area contributed by atoms with Gasteiger partial charge in [-0.1, -0.05) is 12.1 Å². The third-order valence-corrected chi connectivity index (χ3v) is 5.71. The zero-order valence-corrected chi connectivity index (χ0v) is 15.0. The molecule has 1 N–H and O–H groups in total. The number of piperidine rings is 1. The maximum absolute atomic E-state index is 13.8. The van der Waals surface area contributed by atoms with Crippen molar-refractivity contribution in [3.8, 4) is 0 Å². The van der Waals surface area contributed by atoms with Crippen LogP contribution in [0.2, 0.25) is 0 Å². The van der Waals surface area contributed by atoms with Crippen molar-refractivity contribution in [3.05, 3.63) is 35.6 Å². The summed E-state index contributed by atoms with van der Waals surface area (Å²) in [6.07, 6.45) is 3.65. The maximum atomic E-state index is 13.8. The van der Waals surface area contributed by atoms with Gasteiger partial charge in [-0.25, -0.2) is 4.39 Å². The molecule has 142 valence electrons. The third kappa shape index (κ3) is 4.06. The van der Waals surface area contributed by atoms with Gasteiger partial charge in [0, 0.05) is 32.7 Å². The number of nitrogens with zero attached hydrogens (tertiary/aromatic N) is 1. The van der Waals surface area contributed by atoms with E-state index in [4.69, 9.17) is 9.84 Å². The van der Waals surface area contributed by atoms with Crippen LogP contribution in [0, 0.1) is 11.7 Å². The predicted molar refractivity (Wildman–Crippen MR) is 94.3 cm³/mol. The molecule has 1 atom stereocenters. The van der Waals surface area contributed by atoms with Crippen molar-refractivity contribution in [1.82, 2.24) is 4.90 Å². The lowest BCUT2D eigenvalue weighted by Gasteiger charge is -2.42. The zero-order valence-electron chi connectivity index (χ0n) is 15.0. The standard InChI is InChI=1S/C20H26FNO4/c21-17-5-1-4-16(13-17)20(8-11-26-12-9-20)19(25)22-10-2-3-15(14-22)6-7-18(23)24/h1,4-5,13,15H,2-3,6-12,14H2,(H,23,24)/t15-/m0/s1. The largest absolute Gasteiger partial charge is 0.481 e. The van der Waals surface area contributed by atoms with Gasteiger partial charge < -0.3 is 14.7 Å².